The fourth-order valence-corrected chi connectivity index (χ4v) is 4.63. The summed E-state index contributed by atoms with van der Waals surface area (Å²) in [7, 11) is 3.81. The van der Waals surface area contributed by atoms with Crippen LogP contribution < -0.4 is 16.0 Å². The molecule has 2 aromatic carbocycles. The van der Waals surface area contributed by atoms with E-state index in [1.54, 1.807) is 18.2 Å². The Kier molecular flexibility index (Phi) is 8.42. The summed E-state index contributed by atoms with van der Waals surface area (Å²) in [5.74, 6) is -0.945. The molecule has 11 heteroatoms. The SMILES string of the molecule is CC(C)CC(NC(c1ccc2c(c1)oc1ccc(C(=O)NCCN(C)C)cc12)C(F)(F)F)C(=O)NC1(C#N)CC1. The second kappa shape index (κ2) is 11.5. The number of furan rings is 1. The molecule has 3 N–H and O–H groups in total. The predicted molar refractivity (Wildman–Crippen MR) is 146 cm³/mol. The molecule has 1 aromatic heterocycles. The minimum atomic E-state index is -4.71. The molecule has 2 unspecified atom stereocenters. The number of nitriles is 1. The summed E-state index contributed by atoms with van der Waals surface area (Å²) in [6, 6.07) is 7.86. The smallest absolute Gasteiger partial charge is 0.407 e. The molecule has 1 saturated carbocycles. The summed E-state index contributed by atoms with van der Waals surface area (Å²) in [6.07, 6.45) is -3.59. The van der Waals surface area contributed by atoms with Crippen molar-refractivity contribution in [2.24, 2.45) is 5.92 Å². The van der Waals surface area contributed by atoms with Gasteiger partial charge in [0.2, 0.25) is 5.91 Å². The molecule has 4 rings (SSSR count). The number of hydrogen-bond acceptors (Lipinski definition) is 6. The van der Waals surface area contributed by atoms with Gasteiger partial charge < -0.3 is 20.0 Å². The topological polar surface area (TPSA) is 110 Å². The highest BCUT2D eigenvalue weighted by molar-refractivity contribution is 6.08. The van der Waals surface area contributed by atoms with Crippen LogP contribution in [0.25, 0.3) is 21.9 Å². The third-order valence-electron chi connectivity index (χ3n) is 6.98. The minimum Gasteiger partial charge on any atom is -0.456 e. The van der Waals surface area contributed by atoms with Gasteiger partial charge in [-0.3, -0.25) is 14.9 Å². The average Bonchev–Trinajstić information content (AvgIpc) is 3.55. The lowest BCUT2D eigenvalue weighted by Gasteiger charge is -2.29. The lowest BCUT2D eigenvalue weighted by molar-refractivity contribution is -0.161. The second-order valence-electron chi connectivity index (χ2n) is 11.1. The first-order valence-corrected chi connectivity index (χ1v) is 13.3. The van der Waals surface area contributed by atoms with Crippen molar-refractivity contribution in [3.05, 3.63) is 47.5 Å². The van der Waals surface area contributed by atoms with Crippen LogP contribution in [-0.2, 0) is 4.79 Å². The molecule has 2 amide bonds. The summed E-state index contributed by atoms with van der Waals surface area (Å²) in [4.78, 5) is 27.5. The molecular formula is C29H34F3N5O3. The first-order valence-electron chi connectivity index (χ1n) is 13.3. The fraction of sp³-hybridized carbons (Fsp3) is 0.483. The Morgan fingerprint density at radius 1 is 1.10 bits per heavy atom. The molecule has 2 atom stereocenters. The molecule has 8 nitrogen and oxygen atoms in total. The van der Waals surface area contributed by atoms with Crippen LogP contribution in [0.4, 0.5) is 13.2 Å². The van der Waals surface area contributed by atoms with Crippen LogP contribution in [-0.4, -0.2) is 61.7 Å². The van der Waals surface area contributed by atoms with E-state index >= 15 is 0 Å². The Bertz CT molecular complexity index is 1440. The van der Waals surface area contributed by atoms with Crippen LogP contribution in [0.15, 0.2) is 40.8 Å². The van der Waals surface area contributed by atoms with Gasteiger partial charge in [-0.1, -0.05) is 26.0 Å². The number of nitrogens with zero attached hydrogens (tertiary/aromatic N) is 2. The van der Waals surface area contributed by atoms with Crippen molar-refractivity contribution in [3.63, 3.8) is 0 Å². The Morgan fingerprint density at radius 3 is 2.42 bits per heavy atom. The highest BCUT2D eigenvalue weighted by atomic mass is 19.4. The summed E-state index contributed by atoms with van der Waals surface area (Å²) in [5, 5.41) is 18.5. The third kappa shape index (κ3) is 6.74. The summed E-state index contributed by atoms with van der Waals surface area (Å²) in [6.45, 7) is 4.79. The Morgan fingerprint density at radius 2 is 1.82 bits per heavy atom. The largest absolute Gasteiger partial charge is 0.456 e. The molecule has 1 aliphatic rings. The van der Waals surface area contributed by atoms with E-state index in [0.29, 0.717) is 47.9 Å². The molecule has 1 fully saturated rings. The van der Waals surface area contributed by atoms with E-state index in [1.807, 2.05) is 38.9 Å². The maximum Gasteiger partial charge on any atom is 0.407 e. The van der Waals surface area contributed by atoms with Crippen LogP contribution in [0.2, 0.25) is 0 Å². The molecular weight excluding hydrogens is 523 g/mol. The van der Waals surface area contributed by atoms with Crippen molar-refractivity contribution in [2.45, 2.75) is 56.9 Å². The lowest BCUT2D eigenvalue weighted by Crippen LogP contribution is -2.52. The van der Waals surface area contributed by atoms with E-state index in [1.165, 1.54) is 18.2 Å². The number of fused-ring (bicyclic) bond motifs is 3. The average molecular weight is 558 g/mol. The number of halogens is 3. The van der Waals surface area contributed by atoms with Gasteiger partial charge in [0.15, 0.2) is 0 Å². The zero-order valence-corrected chi connectivity index (χ0v) is 23.0. The van der Waals surface area contributed by atoms with Gasteiger partial charge in [0.05, 0.1) is 12.1 Å². The molecule has 40 heavy (non-hydrogen) atoms. The Hall–Kier alpha value is -3.62. The Balaban J connectivity index is 1.62. The molecule has 0 bridgehead atoms. The van der Waals surface area contributed by atoms with Gasteiger partial charge in [0.1, 0.15) is 22.7 Å². The van der Waals surface area contributed by atoms with E-state index in [0.717, 1.165) is 0 Å². The van der Waals surface area contributed by atoms with Gasteiger partial charge in [-0.15, -0.1) is 0 Å². The van der Waals surface area contributed by atoms with E-state index in [9.17, 15) is 28.0 Å². The molecule has 0 saturated heterocycles. The van der Waals surface area contributed by atoms with Crippen LogP contribution in [0, 0.1) is 17.2 Å². The van der Waals surface area contributed by atoms with E-state index < -0.39 is 29.7 Å². The minimum absolute atomic E-state index is 0.0681. The third-order valence-corrected chi connectivity index (χ3v) is 6.98. The first kappa shape index (κ1) is 29.4. The predicted octanol–water partition coefficient (Wildman–Crippen LogP) is 4.66. The zero-order valence-electron chi connectivity index (χ0n) is 23.0. The van der Waals surface area contributed by atoms with E-state index in [4.69, 9.17) is 4.42 Å². The molecule has 1 aliphatic carbocycles. The molecule has 3 aromatic rings. The summed E-state index contributed by atoms with van der Waals surface area (Å²) in [5.41, 5.74) is -0.00140. The van der Waals surface area contributed by atoms with Gasteiger partial charge in [0, 0.05) is 29.4 Å². The van der Waals surface area contributed by atoms with Crippen molar-refractivity contribution >= 4 is 33.8 Å². The van der Waals surface area contributed by atoms with E-state index in [2.05, 4.69) is 16.0 Å². The van der Waals surface area contributed by atoms with Crippen molar-refractivity contribution in [1.82, 2.24) is 20.9 Å². The number of benzene rings is 2. The number of amides is 2. The molecule has 214 valence electrons. The molecule has 0 spiro atoms. The summed E-state index contributed by atoms with van der Waals surface area (Å²) < 4.78 is 48.9. The summed E-state index contributed by atoms with van der Waals surface area (Å²) >= 11 is 0. The van der Waals surface area contributed by atoms with Crippen molar-refractivity contribution in [1.29, 1.82) is 5.26 Å². The van der Waals surface area contributed by atoms with Crippen LogP contribution >= 0.6 is 0 Å². The second-order valence-corrected chi connectivity index (χ2v) is 11.1. The fourth-order valence-electron chi connectivity index (χ4n) is 4.63. The van der Waals surface area contributed by atoms with Crippen molar-refractivity contribution < 1.29 is 27.2 Å². The standard InChI is InChI=1S/C29H34F3N5O3/c1-17(2)13-22(27(39)36-28(16-33)9-10-28)35-25(29(30,31)32)18-5-7-20-21-14-19(26(38)34-11-12-37(3)4)6-8-23(21)40-24(20)15-18/h5-8,14-15,17,22,25,35H,9-13H2,1-4H3,(H,34,38)(H,36,39). The molecule has 0 radical (unpaired) electrons. The monoisotopic (exact) mass is 557 g/mol. The number of likely N-dealkylation sites (N-methyl/N-ethyl adjacent to an activating group) is 1. The zero-order chi connectivity index (χ0) is 29.2. The molecule has 1 heterocycles. The van der Waals surface area contributed by atoms with E-state index in [-0.39, 0.29) is 29.4 Å². The highest BCUT2D eigenvalue weighted by Crippen LogP contribution is 2.38. The van der Waals surface area contributed by atoms with Crippen molar-refractivity contribution in [3.8, 4) is 6.07 Å². The first-order chi connectivity index (χ1) is 18.8. The number of rotatable bonds is 11. The van der Waals surface area contributed by atoms with Gasteiger partial charge in [0.25, 0.3) is 5.91 Å². The Labute approximate surface area is 230 Å². The molecule has 0 aliphatic heterocycles. The number of hydrogen-bond donors (Lipinski definition) is 3. The maximum atomic E-state index is 14.4. The highest BCUT2D eigenvalue weighted by Gasteiger charge is 2.47. The van der Waals surface area contributed by atoms with Crippen LogP contribution in [0.1, 0.15) is 55.1 Å². The van der Waals surface area contributed by atoms with Gasteiger partial charge in [-0.05, 0) is 69.1 Å². The van der Waals surface area contributed by atoms with Gasteiger partial charge >= 0.3 is 6.18 Å². The van der Waals surface area contributed by atoms with Gasteiger partial charge in [-0.25, -0.2) is 0 Å². The van der Waals surface area contributed by atoms with Crippen molar-refractivity contribution in [2.75, 3.05) is 27.2 Å². The quantitative estimate of drug-likeness (QED) is 0.317. The van der Waals surface area contributed by atoms with Crippen LogP contribution in [0.3, 0.4) is 0 Å². The normalized spacial score (nSPS) is 16.2. The number of carbonyl (C=O) groups excluding carboxylic acids is 2. The lowest BCUT2D eigenvalue weighted by atomic mass is 9.98. The van der Waals surface area contributed by atoms with Crippen LogP contribution in [0.5, 0.6) is 0 Å². The number of carbonyl (C=O) groups is 2. The maximum absolute atomic E-state index is 14.4. The number of nitrogens with one attached hydrogen (secondary N) is 3. The van der Waals surface area contributed by atoms with Gasteiger partial charge in [-0.2, -0.15) is 18.4 Å². The number of alkyl halides is 3.